The number of benzene rings is 1. The highest BCUT2D eigenvalue weighted by atomic mass is 16.3. The van der Waals surface area contributed by atoms with E-state index >= 15 is 0 Å². The van der Waals surface area contributed by atoms with E-state index in [0.717, 1.165) is 30.4 Å². The summed E-state index contributed by atoms with van der Waals surface area (Å²) in [6, 6.07) is 3.79. The fraction of sp³-hybridized carbons (Fsp3) is 0.364. The van der Waals surface area contributed by atoms with Crippen LogP contribution in [0.15, 0.2) is 6.07 Å². The summed E-state index contributed by atoms with van der Waals surface area (Å²) in [6.07, 6.45) is 3.05. The van der Waals surface area contributed by atoms with Crippen molar-refractivity contribution in [3.05, 3.63) is 28.3 Å². The van der Waals surface area contributed by atoms with Gasteiger partial charge in [0.15, 0.2) is 0 Å². The highest BCUT2D eigenvalue weighted by Gasteiger charge is 2.19. The monoisotopic (exact) mass is 173 g/mol. The van der Waals surface area contributed by atoms with Crippen LogP contribution in [0, 0.1) is 18.3 Å². The van der Waals surface area contributed by atoms with Gasteiger partial charge in [0.2, 0.25) is 0 Å². The summed E-state index contributed by atoms with van der Waals surface area (Å²) in [7, 11) is 0. The summed E-state index contributed by atoms with van der Waals surface area (Å²) < 4.78 is 0. The molecule has 1 aliphatic rings. The number of hydrogen-bond acceptors (Lipinski definition) is 2. The third-order valence-corrected chi connectivity index (χ3v) is 2.72. The van der Waals surface area contributed by atoms with E-state index in [0.29, 0.717) is 5.56 Å². The van der Waals surface area contributed by atoms with Crippen molar-refractivity contribution in [2.75, 3.05) is 0 Å². The summed E-state index contributed by atoms with van der Waals surface area (Å²) in [4.78, 5) is 0. The van der Waals surface area contributed by atoms with Crippen molar-refractivity contribution in [2.24, 2.45) is 0 Å². The molecule has 1 aromatic rings. The van der Waals surface area contributed by atoms with Crippen molar-refractivity contribution in [1.29, 1.82) is 5.26 Å². The van der Waals surface area contributed by atoms with E-state index in [2.05, 4.69) is 0 Å². The molecule has 66 valence electrons. The molecule has 0 radical (unpaired) electrons. The lowest BCUT2D eigenvalue weighted by Crippen LogP contribution is -1.91. The molecule has 2 rings (SSSR count). The molecule has 1 aromatic carbocycles. The van der Waals surface area contributed by atoms with Crippen molar-refractivity contribution in [1.82, 2.24) is 0 Å². The number of aromatic hydroxyl groups is 1. The van der Waals surface area contributed by atoms with E-state index in [1.807, 2.05) is 13.0 Å². The van der Waals surface area contributed by atoms with Crippen LogP contribution < -0.4 is 0 Å². The van der Waals surface area contributed by atoms with E-state index in [9.17, 15) is 5.11 Å². The molecule has 0 atom stereocenters. The van der Waals surface area contributed by atoms with Crippen LogP contribution in [0.2, 0.25) is 0 Å². The minimum Gasteiger partial charge on any atom is -0.506 e. The van der Waals surface area contributed by atoms with Crippen LogP contribution in [-0.4, -0.2) is 5.11 Å². The molecule has 0 bridgehead atoms. The second kappa shape index (κ2) is 2.77. The fourth-order valence-corrected chi connectivity index (χ4v) is 2.06. The van der Waals surface area contributed by atoms with Gasteiger partial charge in [0.25, 0.3) is 0 Å². The lowest BCUT2D eigenvalue weighted by Gasteiger charge is -2.07. The summed E-state index contributed by atoms with van der Waals surface area (Å²) in [5, 5.41) is 18.5. The normalized spacial score (nSPS) is 13.8. The lowest BCUT2D eigenvalue weighted by molar-refractivity contribution is 0.467. The van der Waals surface area contributed by atoms with Crippen molar-refractivity contribution in [2.45, 2.75) is 26.2 Å². The highest BCUT2D eigenvalue weighted by molar-refractivity contribution is 5.55. The van der Waals surface area contributed by atoms with Gasteiger partial charge in [0.1, 0.15) is 11.8 Å². The largest absolute Gasteiger partial charge is 0.506 e. The van der Waals surface area contributed by atoms with Gasteiger partial charge in [-0.2, -0.15) is 5.26 Å². The number of phenolic OH excluding ortho intramolecular Hbond substituents is 1. The molecule has 0 saturated carbocycles. The maximum atomic E-state index is 9.71. The zero-order chi connectivity index (χ0) is 9.42. The molecule has 0 spiro atoms. The van der Waals surface area contributed by atoms with E-state index in [4.69, 9.17) is 5.26 Å². The van der Waals surface area contributed by atoms with Crippen LogP contribution in [0.25, 0.3) is 0 Å². The van der Waals surface area contributed by atoms with Gasteiger partial charge in [-0.3, -0.25) is 0 Å². The predicted octanol–water partition coefficient (Wildman–Crippen LogP) is 2.06. The first-order valence-electron chi connectivity index (χ1n) is 4.48. The number of nitrogens with zero attached hydrogens (tertiary/aromatic N) is 1. The molecule has 0 unspecified atom stereocenters. The van der Waals surface area contributed by atoms with Gasteiger partial charge in [-0.05, 0) is 48.9 Å². The van der Waals surface area contributed by atoms with Crippen molar-refractivity contribution in [3.63, 3.8) is 0 Å². The number of phenols is 1. The molecular formula is C11H11NO. The zero-order valence-electron chi connectivity index (χ0n) is 7.59. The van der Waals surface area contributed by atoms with Crippen LogP contribution in [-0.2, 0) is 12.8 Å². The van der Waals surface area contributed by atoms with Gasteiger partial charge in [-0.15, -0.1) is 0 Å². The summed E-state index contributed by atoms with van der Waals surface area (Å²) in [5.74, 6) is 0.209. The van der Waals surface area contributed by atoms with E-state index in [1.165, 1.54) is 5.56 Å². The Morgan fingerprint density at radius 1 is 1.38 bits per heavy atom. The molecule has 0 heterocycles. The predicted molar refractivity (Wildman–Crippen MR) is 49.6 cm³/mol. The Balaban J connectivity index is 2.71. The molecule has 2 heteroatoms. The van der Waals surface area contributed by atoms with E-state index < -0.39 is 0 Å². The van der Waals surface area contributed by atoms with Gasteiger partial charge >= 0.3 is 0 Å². The Bertz CT molecular complexity index is 402. The average Bonchev–Trinajstić information content (AvgIpc) is 2.60. The Hall–Kier alpha value is -1.49. The summed E-state index contributed by atoms with van der Waals surface area (Å²) in [5.41, 5.74) is 3.80. The standard InChI is InChI=1S/C11H11NO/c1-7-5-8(6-12)11(13)10-4-2-3-9(7)10/h5,13H,2-4H2,1H3. The lowest BCUT2D eigenvalue weighted by atomic mass is 10.00. The Morgan fingerprint density at radius 2 is 2.08 bits per heavy atom. The number of nitriles is 1. The minimum atomic E-state index is 0.209. The van der Waals surface area contributed by atoms with Gasteiger partial charge in [-0.1, -0.05) is 0 Å². The Labute approximate surface area is 77.4 Å². The molecule has 2 nitrogen and oxygen atoms in total. The fourth-order valence-electron chi connectivity index (χ4n) is 2.06. The average molecular weight is 173 g/mol. The minimum absolute atomic E-state index is 0.209. The smallest absolute Gasteiger partial charge is 0.136 e. The van der Waals surface area contributed by atoms with E-state index in [1.54, 1.807) is 6.07 Å². The molecule has 1 N–H and O–H groups in total. The molecule has 0 fully saturated rings. The van der Waals surface area contributed by atoms with Crippen LogP contribution in [0.4, 0.5) is 0 Å². The molecular weight excluding hydrogens is 162 g/mol. The molecule has 0 amide bonds. The number of fused-ring (bicyclic) bond motifs is 1. The van der Waals surface area contributed by atoms with Gasteiger partial charge in [0.05, 0.1) is 5.56 Å². The molecule has 1 aliphatic carbocycles. The summed E-state index contributed by atoms with van der Waals surface area (Å²) in [6.45, 7) is 2.00. The number of hydrogen-bond donors (Lipinski definition) is 1. The molecule has 0 aliphatic heterocycles. The highest BCUT2D eigenvalue weighted by Crippen LogP contribution is 2.34. The number of rotatable bonds is 0. The Kier molecular flexibility index (Phi) is 1.73. The topological polar surface area (TPSA) is 44.0 Å². The Morgan fingerprint density at radius 3 is 2.77 bits per heavy atom. The second-order valence-electron chi connectivity index (χ2n) is 3.51. The molecule has 13 heavy (non-hydrogen) atoms. The van der Waals surface area contributed by atoms with E-state index in [-0.39, 0.29) is 5.75 Å². The van der Waals surface area contributed by atoms with Crippen molar-refractivity contribution < 1.29 is 5.11 Å². The maximum Gasteiger partial charge on any atom is 0.136 e. The molecule has 0 aromatic heterocycles. The first-order chi connectivity index (χ1) is 6.24. The second-order valence-corrected chi connectivity index (χ2v) is 3.51. The zero-order valence-corrected chi connectivity index (χ0v) is 7.59. The number of aryl methyl sites for hydroxylation is 1. The van der Waals surface area contributed by atoms with Gasteiger partial charge in [-0.25, -0.2) is 0 Å². The van der Waals surface area contributed by atoms with Crippen LogP contribution in [0.5, 0.6) is 5.75 Å². The quantitative estimate of drug-likeness (QED) is 0.652. The third kappa shape index (κ3) is 1.08. The first kappa shape index (κ1) is 8.12. The maximum absolute atomic E-state index is 9.71. The van der Waals surface area contributed by atoms with Crippen molar-refractivity contribution in [3.8, 4) is 11.8 Å². The van der Waals surface area contributed by atoms with Crippen LogP contribution in [0.3, 0.4) is 0 Å². The van der Waals surface area contributed by atoms with Crippen molar-refractivity contribution >= 4 is 0 Å². The van der Waals surface area contributed by atoms with Gasteiger partial charge in [0, 0.05) is 0 Å². The summed E-state index contributed by atoms with van der Waals surface area (Å²) >= 11 is 0. The third-order valence-electron chi connectivity index (χ3n) is 2.72. The van der Waals surface area contributed by atoms with Crippen LogP contribution in [0.1, 0.15) is 28.7 Å². The first-order valence-corrected chi connectivity index (χ1v) is 4.48. The SMILES string of the molecule is Cc1cc(C#N)c(O)c2c1CCC2. The van der Waals surface area contributed by atoms with Gasteiger partial charge < -0.3 is 5.11 Å². The molecule has 0 saturated heterocycles. The van der Waals surface area contributed by atoms with Crippen LogP contribution >= 0.6 is 0 Å².